The molecule has 6 nitrogen and oxygen atoms in total. The highest BCUT2D eigenvalue weighted by atomic mass is 16.5. The van der Waals surface area contributed by atoms with Crippen molar-refractivity contribution >= 4 is 11.6 Å². The van der Waals surface area contributed by atoms with Crippen LogP contribution in [0.2, 0.25) is 0 Å². The van der Waals surface area contributed by atoms with Gasteiger partial charge in [-0.2, -0.15) is 0 Å². The third-order valence-corrected chi connectivity index (χ3v) is 4.30. The van der Waals surface area contributed by atoms with Crippen LogP contribution in [0.4, 0.5) is 5.69 Å². The van der Waals surface area contributed by atoms with Crippen LogP contribution in [-0.2, 0) is 6.61 Å². The molecule has 0 saturated heterocycles. The normalized spacial score (nSPS) is 10.2. The molecule has 0 saturated carbocycles. The maximum absolute atomic E-state index is 12.9. The minimum atomic E-state index is -0.319. The van der Waals surface area contributed by atoms with Crippen LogP contribution in [0.15, 0.2) is 66.7 Å². The van der Waals surface area contributed by atoms with Gasteiger partial charge in [0.2, 0.25) is 5.75 Å². The fraction of sp³-hybridized carbons (Fsp3) is 0.174. The second-order valence-corrected chi connectivity index (χ2v) is 6.14. The van der Waals surface area contributed by atoms with Gasteiger partial charge in [-0.15, -0.1) is 0 Å². The van der Waals surface area contributed by atoms with Gasteiger partial charge in [-0.05, 0) is 29.8 Å². The van der Waals surface area contributed by atoms with Gasteiger partial charge in [-0.3, -0.25) is 4.79 Å². The van der Waals surface area contributed by atoms with E-state index in [1.807, 2.05) is 48.5 Å². The first-order valence-corrected chi connectivity index (χ1v) is 9.03. The van der Waals surface area contributed by atoms with Crippen molar-refractivity contribution in [3.05, 3.63) is 77.9 Å². The molecule has 0 aliphatic heterocycles. The molecule has 0 radical (unpaired) electrons. The van der Waals surface area contributed by atoms with Crippen LogP contribution >= 0.6 is 0 Å². The molecule has 0 unspecified atom stereocenters. The molecule has 0 aromatic heterocycles. The minimum absolute atomic E-state index is 0.319. The molecule has 0 aliphatic carbocycles. The van der Waals surface area contributed by atoms with Crippen LogP contribution in [0, 0.1) is 0 Å². The lowest BCUT2D eigenvalue weighted by Crippen LogP contribution is -2.13. The molecule has 3 aromatic carbocycles. The highest BCUT2D eigenvalue weighted by Gasteiger charge is 2.18. The SMILES string of the molecule is COc1cc(C(=O)Nc2ccccc2OCc2ccccc2)cc(OC)c1OC. The number of methoxy groups -OCH3 is 3. The average Bonchev–Trinajstić information content (AvgIpc) is 2.78. The largest absolute Gasteiger partial charge is 0.493 e. The molecule has 3 aromatic rings. The zero-order valence-corrected chi connectivity index (χ0v) is 16.6. The van der Waals surface area contributed by atoms with Gasteiger partial charge in [-0.1, -0.05) is 42.5 Å². The van der Waals surface area contributed by atoms with E-state index in [1.54, 1.807) is 18.2 Å². The van der Waals surface area contributed by atoms with E-state index in [2.05, 4.69) is 5.32 Å². The van der Waals surface area contributed by atoms with Crippen molar-refractivity contribution in [2.75, 3.05) is 26.6 Å². The Morgan fingerprint density at radius 3 is 2.03 bits per heavy atom. The Bertz CT molecular complexity index is 947. The first-order chi connectivity index (χ1) is 14.2. The molecule has 3 rings (SSSR count). The number of amides is 1. The Hall–Kier alpha value is -3.67. The minimum Gasteiger partial charge on any atom is -0.493 e. The van der Waals surface area contributed by atoms with Crippen molar-refractivity contribution < 1.29 is 23.7 Å². The number of ether oxygens (including phenoxy) is 4. The van der Waals surface area contributed by atoms with E-state index in [1.165, 1.54) is 21.3 Å². The number of carbonyl (C=O) groups excluding carboxylic acids is 1. The molecule has 29 heavy (non-hydrogen) atoms. The van der Waals surface area contributed by atoms with Crippen molar-refractivity contribution in [3.63, 3.8) is 0 Å². The Kier molecular flexibility index (Phi) is 6.58. The Balaban J connectivity index is 1.81. The van der Waals surface area contributed by atoms with Gasteiger partial charge in [-0.25, -0.2) is 0 Å². The summed E-state index contributed by atoms with van der Waals surface area (Å²) < 4.78 is 21.8. The van der Waals surface area contributed by atoms with Gasteiger partial charge in [0.1, 0.15) is 12.4 Å². The summed E-state index contributed by atoms with van der Waals surface area (Å²) in [5, 5.41) is 2.89. The third-order valence-electron chi connectivity index (χ3n) is 4.30. The molecular formula is C23H23NO5. The molecule has 1 amide bonds. The number of para-hydroxylation sites is 2. The monoisotopic (exact) mass is 393 g/mol. The van der Waals surface area contributed by atoms with Gasteiger partial charge in [0.25, 0.3) is 5.91 Å². The lowest BCUT2D eigenvalue weighted by Gasteiger charge is -2.15. The predicted octanol–water partition coefficient (Wildman–Crippen LogP) is 4.54. The molecule has 0 fully saturated rings. The summed E-state index contributed by atoms with van der Waals surface area (Å²) in [6.07, 6.45) is 0. The smallest absolute Gasteiger partial charge is 0.256 e. The van der Waals surface area contributed by atoms with Crippen LogP contribution in [-0.4, -0.2) is 27.2 Å². The zero-order valence-electron chi connectivity index (χ0n) is 16.6. The molecule has 1 N–H and O–H groups in total. The number of benzene rings is 3. The van der Waals surface area contributed by atoms with E-state index < -0.39 is 0 Å². The predicted molar refractivity (Wildman–Crippen MR) is 111 cm³/mol. The molecule has 0 bridgehead atoms. The van der Waals surface area contributed by atoms with Crippen molar-refractivity contribution in [1.29, 1.82) is 0 Å². The summed E-state index contributed by atoms with van der Waals surface area (Å²) in [5.74, 6) is 1.51. The highest BCUT2D eigenvalue weighted by Crippen LogP contribution is 2.38. The van der Waals surface area contributed by atoms with Crippen LogP contribution < -0.4 is 24.3 Å². The van der Waals surface area contributed by atoms with Gasteiger partial charge >= 0.3 is 0 Å². The first kappa shape index (κ1) is 20.1. The molecular weight excluding hydrogens is 370 g/mol. The van der Waals surface area contributed by atoms with E-state index in [9.17, 15) is 4.79 Å². The van der Waals surface area contributed by atoms with Gasteiger partial charge in [0.15, 0.2) is 11.5 Å². The summed E-state index contributed by atoms with van der Waals surface area (Å²) in [4.78, 5) is 12.9. The fourth-order valence-corrected chi connectivity index (χ4v) is 2.84. The van der Waals surface area contributed by atoms with Gasteiger partial charge in [0.05, 0.1) is 27.0 Å². The Morgan fingerprint density at radius 1 is 0.793 bits per heavy atom. The topological polar surface area (TPSA) is 66.0 Å². The lowest BCUT2D eigenvalue weighted by molar-refractivity contribution is 0.102. The zero-order chi connectivity index (χ0) is 20.6. The van der Waals surface area contributed by atoms with Crippen molar-refractivity contribution in [2.45, 2.75) is 6.61 Å². The maximum Gasteiger partial charge on any atom is 0.256 e. The second kappa shape index (κ2) is 9.50. The van der Waals surface area contributed by atoms with Crippen LogP contribution in [0.5, 0.6) is 23.0 Å². The fourth-order valence-electron chi connectivity index (χ4n) is 2.84. The number of nitrogens with one attached hydrogen (secondary N) is 1. The molecule has 150 valence electrons. The van der Waals surface area contributed by atoms with Crippen LogP contribution in [0.25, 0.3) is 0 Å². The van der Waals surface area contributed by atoms with E-state index in [-0.39, 0.29) is 5.91 Å². The summed E-state index contributed by atoms with van der Waals surface area (Å²) >= 11 is 0. The number of carbonyl (C=O) groups is 1. The Labute approximate surface area is 170 Å². The number of rotatable bonds is 8. The van der Waals surface area contributed by atoms with Gasteiger partial charge in [0, 0.05) is 5.56 Å². The first-order valence-electron chi connectivity index (χ1n) is 9.03. The number of hydrogen-bond donors (Lipinski definition) is 1. The van der Waals surface area contributed by atoms with Crippen LogP contribution in [0.1, 0.15) is 15.9 Å². The van der Waals surface area contributed by atoms with E-state index >= 15 is 0 Å². The molecule has 0 spiro atoms. The summed E-state index contributed by atoms with van der Waals surface area (Å²) in [7, 11) is 4.53. The number of anilines is 1. The van der Waals surface area contributed by atoms with Crippen molar-refractivity contribution in [2.24, 2.45) is 0 Å². The average molecular weight is 393 g/mol. The summed E-state index contributed by atoms with van der Waals surface area (Å²) in [6, 6.07) is 20.3. The molecule has 0 atom stereocenters. The molecule has 0 aliphatic rings. The quantitative estimate of drug-likeness (QED) is 0.608. The van der Waals surface area contributed by atoms with Crippen molar-refractivity contribution in [1.82, 2.24) is 0 Å². The van der Waals surface area contributed by atoms with Crippen molar-refractivity contribution in [3.8, 4) is 23.0 Å². The van der Waals surface area contributed by atoms with Crippen LogP contribution in [0.3, 0.4) is 0 Å². The standard InChI is InChI=1S/C23H23NO5/c1-26-20-13-17(14-21(27-2)22(20)28-3)23(25)24-18-11-7-8-12-19(18)29-15-16-9-5-4-6-10-16/h4-14H,15H2,1-3H3,(H,24,25). The summed E-state index contributed by atoms with van der Waals surface area (Å²) in [6.45, 7) is 0.401. The van der Waals surface area contributed by atoms with E-state index in [0.29, 0.717) is 40.9 Å². The highest BCUT2D eigenvalue weighted by molar-refractivity contribution is 6.05. The maximum atomic E-state index is 12.9. The van der Waals surface area contributed by atoms with E-state index in [0.717, 1.165) is 5.56 Å². The summed E-state index contributed by atoms with van der Waals surface area (Å²) in [5.41, 5.74) is 1.98. The second-order valence-electron chi connectivity index (χ2n) is 6.14. The Morgan fingerprint density at radius 2 is 1.41 bits per heavy atom. The molecule has 0 heterocycles. The third kappa shape index (κ3) is 4.79. The molecule has 6 heteroatoms. The van der Waals surface area contributed by atoms with Gasteiger partial charge < -0.3 is 24.3 Å². The van der Waals surface area contributed by atoms with E-state index in [4.69, 9.17) is 18.9 Å². The number of hydrogen-bond acceptors (Lipinski definition) is 5. The lowest BCUT2D eigenvalue weighted by atomic mass is 10.1.